The molecule has 8 nitrogen and oxygen atoms in total. The van der Waals surface area contributed by atoms with Crippen LogP contribution in [0.4, 0.5) is 16.3 Å². The first-order valence-corrected chi connectivity index (χ1v) is 10.5. The summed E-state index contributed by atoms with van der Waals surface area (Å²) in [4.78, 5) is 17.7. The van der Waals surface area contributed by atoms with E-state index in [2.05, 4.69) is 20.4 Å². The minimum atomic E-state index is -0.149. The third-order valence-corrected chi connectivity index (χ3v) is 5.81. The lowest BCUT2D eigenvalue weighted by Crippen LogP contribution is -2.50. The molecule has 0 spiro atoms. The lowest BCUT2D eigenvalue weighted by Gasteiger charge is -2.35. The number of carbonyl (C=O) groups is 1. The third-order valence-electron chi connectivity index (χ3n) is 4.92. The zero-order valence-electron chi connectivity index (χ0n) is 16.9. The molecule has 1 N–H and O–H groups in total. The number of hydrogen-bond acceptors (Lipinski definition) is 7. The van der Waals surface area contributed by atoms with Crippen LogP contribution in [-0.2, 0) is 0 Å². The number of hydrogen-bond donors (Lipinski definition) is 1. The number of anilines is 2. The molecule has 9 heteroatoms. The number of rotatable bonds is 5. The highest BCUT2D eigenvalue weighted by atomic mass is 32.1. The summed E-state index contributed by atoms with van der Waals surface area (Å²) in [6, 6.07) is 13.2. The van der Waals surface area contributed by atoms with Crippen molar-refractivity contribution in [3.05, 3.63) is 47.8 Å². The molecule has 0 atom stereocenters. The van der Waals surface area contributed by atoms with Gasteiger partial charge >= 0.3 is 6.03 Å². The number of ether oxygens (including phenoxy) is 2. The number of nitrogens with one attached hydrogen (secondary N) is 1. The summed E-state index contributed by atoms with van der Waals surface area (Å²) in [5.41, 5.74) is 1.51. The summed E-state index contributed by atoms with van der Waals surface area (Å²) >= 11 is 1.64. The van der Waals surface area contributed by atoms with E-state index < -0.39 is 0 Å². The molecule has 1 aliphatic rings. The summed E-state index contributed by atoms with van der Waals surface area (Å²) in [7, 11) is 3.16. The second kappa shape index (κ2) is 9.00. The smallest absolute Gasteiger partial charge is 0.321 e. The average Bonchev–Trinajstić information content (AvgIpc) is 3.34. The van der Waals surface area contributed by atoms with Crippen LogP contribution in [0.25, 0.3) is 10.6 Å². The number of urea groups is 1. The van der Waals surface area contributed by atoms with Gasteiger partial charge in [-0.15, -0.1) is 21.5 Å². The van der Waals surface area contributed by atoms with Gasteiger partial charge in [0, 0.05) is 50.1 Å². The monoisotopic (exact) mass is 425 g/mol. The second-order valence-corrected chi connectivity index (χ2v) is 7.71. The zero-order valence-corrected chi connectivity index (χ0v) is 17.7. The molecule has 0 bridgehead atoms. The molecule has 0 radical (unpaired) electrons. The summed E-state index contributed by atoms with van der Waals surface area (Å²) < 4.78 is 10.5. The van der Waals surface area contributed by atoms with Crippen molar-refractivity contribution in [1.82, 2.24) is 15.1 Å². The van der Waals surface area contributed by atoms with Crippen LogP contribution in [0, 0.1) is 0 Å². The number of amides is 2. The summed E-state index contributed by atoms with van der Waals surface area (Å²) in [6.07, 6.45) is 0. The SMILES string of the molecule is COc1cc(NC(=O)N2CCN(c3ccc(-c4cccs4)nn3)CC2)cc(OC)c1. The molecule has 3 aromatic rings. The summed E-state index contributed by atoms with van der Waals surface area (Å²) in [5, 5.41) is 13.7. The van der Waals surface area contributed by atoms with E-state index in [1.807, 2.05) is 29.6 Å². The average molecular weight is 426 g/mol. The fourth-order valence-corrected chi connectivity index (χ4v) is 3.96. The quantitative estimate of drug-likeness (QED) is 0.673. The number of aromatic nitrogens is 2. The first-order valence-electron chi connectivity index (χ1n) is 9.58. The van der Waals surface area contributed by atoms with Gasteiger partial charge in [-0.2, -0.15) is 0 Å². The number of methoxy groups -OCH3 is 2. The van der Waals surface area contributed by atoms with Crippen molar-refractivity contribution in [2.24, 2.45) is 0 Å². The van der Waals surface area contributed by atoms with Crippen molar-refractivity contribution in [3.8, 4) is 22.1 Å². The molecule has 1 aliphatic heterocycles. The maximum atomic E-state index is 12.7. The van der Waals surface area contributed by atoms with Crippen LogP contribution in [0.2, 0.25) is 0 Å². The molecular formula is C21H23N5O3S. The Hall–Kier alpha value is -3.33. The van der Waals surface area contributed by atoms with Gasteiger partial charge in [-0.3, -0.25) is 0 Å². The van der Waals surface area contributed by atoms with E-state index in [4.69, 9.17) is 9.47 Å². The molecule has 2 amide bonds. The van der Waals surface area contributed by atoms with Gasteiger partial charge in [0.2, 0.25) is 0 Å². The normalized spacial score (nSPS) is 13.8. The maximum Gasteiger partial charge on any atom is 0.321 e. The first-order chi connectivity index (χ1) is 14.7. The van der Waals surface area contributed by atoms with Gasteiger partial charge in [0.1, 0.15) is 17.2 Å². The van der Waals surface area contributed by atoms with Crippen LogP contribution >= 0.6 is 11.3 Å². The number of piperazine rings is 1. The fraction of sp³-hybridized carbons (Fsp3) is 0.286. The summed E-state index contributed by atoms with van der Waals surface area (Å²) in [6.45, 7) is 2.59. The highest BCUT2D eigenvalue weighted by Crippen LogP contribution is 2.26. The Kier molecular flexibility index (Phi) is 5.99. The Labute approximate surface area is 179 Å². The molecule has 3 heterocycles. The van der Waals surface area contributed by atoms with E-state index in [-0.39, 0.29) is 6.03 Å². The Morgan fingerprint density at radius 2 is 1.73 bits per heavy atom. The van der Waals surface area contributed by atoms with Crippen molar-refractivity contribution in [3.63, 3.8) is 0 Å². The van der Waals surface area contributed by atoms with Crippen molar-refractivity contribution in [2.45, 2.75) is 0 Å². The first kappa shape index (κ1) is 20.0. The highest BCUT2D eigenvalue weighted by Gasteiger charge is 2.22. The van der Waals surface area contributed by atoms with Crippen molar-refractivity contribution in [1.29, 1.82) is 0 Å². The molecule has 1 saturated heterocycles. The maximum absolute atomic E-state index is 12.7. The van der Waals surface area contributed by atoms with Gasteiger partial charge in [-0.05, 0) is 23.6 Å². The van der Waals surface area contributed by atoms with Gasteiger partial charge in [0.25, 0.3) is 0 Å². The van der Waals surface area contributed by atoms with Crippen LogP contribution in [0.15, 0.2) is 47.8 Å². The van der Waals surface area contributed by atoms with E-state index >= 15 is 0 Å². The molecule has 1 aromatic carbocycles. The minimum absolute atomic E-state index is 0.149. The predicted molar refractivity (Wildman–Crippen MR) is 118 cm³/mol. The standard InChI is InChI=1S/C21H23N5O3S/c1-28-16-12-15(13-17(14-16)29-2)22-21(27)26-9-7-25(8-10-26)20-6-5-18(23-24-20)19-4-3-11-30-19/h3-6,11-14H,7-10H2,1-2H3,(H,22,27). The molecule has 0 saturated carbocycles. The van der Waals surface area contributed by atoms with E-state index in [0.717, 1.165) is 16.4 Å². The lowest BCUT2D eigenvalue weighted by atomic mass is 10.2. The number of benzene rings is 1. The topological polar surface area (TPSA) is 79.8 Å². The number of carbonyl (C=O) groups excluding carboxylic acids is 1. The molecule has 156 valence electrons. The van der Waals surface area contributed by atoms with Crippen molar-refractivity contribution >= 4 is 28.9 Å². The fourth-order valence-electron chi connectivity index (χ4n) is 3.27. The molecule has 4 rings (SSSR count). The Morgan fingerprint density at radius 1 is 1.00 bits per heavy atom. The van der Waals surface area contributed by atoms with Gasteiger partial charge < -0.3 is 24.6 Å². The van der Waals surface area contributed by atoms with Crippen LogP contribution in [0.1, 0.15) is 0 Å². The van der Waals surface area contributed by atoms with E-state index in [1.165, 1.54) is 0 Å². The van der Waals surface area contributed by atoms with E-state index in [9.17, 15) is 4.79 Å². The van der Waals surface area contributed by atoms with Crippen LogP contribution in [0.3, 0.4) is 0 Å². The van der Waals surface area contributed by atoms with Crippen LogP contribution < -0.4 is 19.7 Å². The Balaban J connectivity index is 1.34. The molecule has 0 unspecified atom stereocenters. The molecule has 30 heavy (non-hydrogen) atoms. The number of nitrogens with zero attached hydrogens (tertiary/aromatic N) is 4. The van der Waals surface area contributed by atoms with Gasteiger partial charge in [0.15, 0.2) is 5.82 Å². The predicted octanol–water partition coefficient (Wildman–Crippen LogP) is 3.58. The number of thiophene rings is 1. The van der Waals surface area contributed by atoms with Crippen LogP contribution in [0.5, 0.6) is 11.5 Å². The summed E-state index contributed by atoms with van der Waals surface area (Å²) in [5.74, 6) is 2.07. The minimum Gasteiger partial charge on any atom is -0.497 e. The van der Waals surface area contributed by atoms with E-state index in [0.29, 0.717) is 43.4 Å². The Bertz CT molecular complexity index is 964. The molecule has 0 aliphatic carbocycles. The molecule has 2 aromatic heterocycles. The largest absolute Gasteiger partial charge is 0.497 e. The van der Waals surface area contributed by atoms with Gasteiger partial charge in [-0.25, -0.2) is 4.79 Å². The highest BCUT2D eigenvalue weighted by molar-refractivity contribution is 7.13. The third kappa shape index (κ3) is 4.46. The van der Waals surface area contributed by atoms with E-state index in [1.54, 1.807) is 48.7 Å². The van der Waals surface area contributed by atoms with Crippen molar-refractivity contribution in [2.75, 3.05) is 50.6 Å². The molecule has 1 fully saturated rings. The van der Waals surface area contributed by atoms with Crippen molar-refractivity contribution < 1.29 is 14.3 Å². The molecular weight excluding hydrogens is 402 g/mol. The van der Waals surface area contributed by atoms with Gasteiger partial charge in [0.05, 0.1) is 19.1 Å². The second-order valence-electron chi connectivity index (χ2n) is 6.76. The zero-order chi connectivity index (χ0) is 20.9. The van der Waals surface area contributed by atoms with Crippen LogP contribution in [-0.4, -0.2) is 61.5 Å². The van der Waals surface area contributed by atoms with Gasteiger partial charge in [-0.1, -0.05) is 6.07 Å². The lowest BCUT2D eigenvalue weighted by molar-refractivity contribution is 0.208. The Morgan fingerprint density at radius 3 is 2.30 bits per heavy atom.